The normalized spacial score (nSPS) is 11.8. The molecule has 0 spiro atoms. The van der Waals surface area contributed by atoms with Gasteiger partial charge in [-0.15, -0.1) is 0 Å². The van der Waals surface area contributed by atoms with Gasteiger partial charge in [0, 0.05) is 0 Å². The Kier molecular flexibility index (Phi) is 6.06. The first kappa shape index (κ1) is 19.3. The summed E-state index contributed by atoms with van der Waals surface area (Å²) in [5.74, 6) is 0.498. The number of hydrogen-bond donors (Lipinski definition) is 0. The quantitative estimate of drug-likeness (QED) is 0.490. The monoisotopic (exact) mass is 386 g/mol. The standard InChI is InChI=1S/C14H15BO8S2/c1-20-24(16,17)13-7-3-5-11(9-13)22-15-23-12-6-4-8-14(10-12)25(18,19)21-2/h3-10,15H,1-2H3. The summed E-state index contributed by atoms with van der Waals surface area (Å²) in [6, 6.07) is 11.4. The van der Waals surface area contributed by atoms with E-state index in [9.17, 15) is 16.8 Å². The molecule has 0 N–H and O–H groups in total. The molecule has 0 unspecified atom stereocenters. The van der Waals surface area contributed by atoms with Crippen molar-refractivity contribution in [3.05, 3.63) is 48.5 Å². The van der Waals surface area contributed by atoms with Gasteiger partial charge in [-0.25, -0.2) is 0 Å². The van der Waals surface area contributed by atoms with Crippen LogP contribution in [-0.4, -0.2) is 38.7 Å². The third-order valence-corrected chi connectivity index (χ3v) is 5.62. The Morgan fingerprint density at radius 2 is 1.12 bits per heavy atom. The molecule has 0 bridgehead atoms. The van der Waals surface area contributed by atoms with Crippen LogP contribution in [0.5, 0.6) is 11.5 Å². The largest absolute Gasteiger partial charge is 0.576 e. The molecule has 0 atom stereocenters. The molecule has 0 aliphatic heterocycles. The zero-order chi connectivity index (χ0) is 18.5. The van der Waals surface area contributed by atoms with Crippen molar-refractivity contribution in [1.82, 2.24) is 0 Å². The fourth-order valence-corrected chi connectivity index (χ4v) is 3.19. The van der Waals surface area contributed by atoms with Crippen LogP contribution in [0.1, 0.15) is 0 Å². The molecule has 0 radical (unpaired) electrons. The summed E-state index contributed by atoms with van der Waals surface area (Å²) >= 11 is 0. The van der Waals surface area contributed by atoms with Crippen molar-refractivity contribution in [3.8, 4) is 11.5 Å². The van der Waals surface area contributed by atoms with Crippen LogP contribution in [0.4, 0.5) is 0 Å². The second-order valence-electron chi connectivity index (χ2n) is 4.60. The molecule has 8 nitrogen and oxygen atoms in total. The second kappa shape index (κ2) is 7.87. The van der Waals surface area contributed by atoms with Gasteiger partial charge in [0.15, 0.2) is 0 Å². The van der Waals surface area contributed by atoms with Gasteiger partial charge in [-0.05, 0) is 36.4 Å². The van der Waals surface area contributed by atoms with E-state index in [2.05, 4.69) is 8.37 Å². The van der Waals surface area contributed by atoms with Crippen LogP contribution in [0.2, 0.25) is 0 Å². The summed E-state index contributed by atoms with van der Waals surface area (Å²) in [6.07, 6.45) is 0. The van der Waals surface area contributed by atoms with Gasteiger partial charge in [0.25, 0.3) is 20.2 Å². The number of benzene rings is 2. The van der Waals surface area contributed by atoms with Crippen molar-refractivity contribution < 1.29 is 34.5 Å². The molecule has 2 aromatic rings. The summed E-state index contributed by atoms with van der Waals surface area (Å²) in [6.45, 7) is 0. The first-order valence-corrected chi connectivity index (χ1v) is 9.67. The minimum Gasteiger partial charge on any atom is -0.528 e. The minimum absolute atomic E-state index is 0.0549. The Bertz CT molecular complexity index is 863. The highest BCUT2D eigenvalue weighted by Crippen LogP contribution is 2.20. The van der Waals surface area contributed by atoms with E-state index >= 15 is 0 Å². The summed E-state index contributed by atoms with van der Waals surface area (Å²) in [7, 11) is -5.78. The van der Waals surface area contributed by atoms with Gasteiger partial charge in [-0.2, -0.15) is 16.8 Å². The molecule has 0 saturated carbocycles. The Morgan fingerprint density at radius 3 is 1.48 bits per heavy atom. The number of hydrogen-bond acceptors (Lipinski definition) is 8. The van der Waals surface area contributed by atoms with Gasteiger partial charge >= 0.3 is 7.69 Å². The topological polar surface area (TPSA) is 105 Å². The van der Waals surface area contributed by atoms with Crippen molar-refractivity contribution in [2.45, 2.75) is 9.79 Å². The molecule has 2 aromatic carbocycles. The average molecular weight is 386 g/mol. The Labute approximate surface area is 146 Å². The van der Waals surface area contributed by atoms with Crippen LogP contribution in [0, 0.1) is 0 Å². The molecular formula is C14H15BO8S2. The molecule has 2 rings (SSSR count). The lowest BCUT2D eigenvalue weighted by Gasteiger charge is -2.09. The van der Waals surface area contributed by atoms with E-state index in [-0.39, 0.29) is 29.0 Å². The third-order valence-electron chi connectivity index (χ3n) is 3.08. The third kappa shape index (κ3) is 4.95. The maximum absolute atomic E-state index is 11.6. The Morgan fingerprint density at radius 1 is 0.720 bits per heavy atom. The zero-order valence-electron chi connectivity index (χ0n) is 13.4. The highest BCUT2D eigenvalue weighted by atomic mass is 32.2. The first-order chi connectivity index (χ1) is 11.8. The lowest BCUT2D eigenvalue weighted by molar-refractivity contribution is 0.396. The maximum Gasteiger partial charge on any atom is 0.576 e. The van der Waals surface area contributed by atoms with Crippen LogP contribution in [-0.2, 0) is 28.6 Å². The van der Waals surface area contributed by atoms with Gasteiger partial charge in [-0.1, -0.05) is 12.1 Å². The predicted octanol–water partition coefficient (Wildman–Crippen LogP) is 1.08. The lowest BCUT2D eigenvalue weighted by Crippen LogP contribution is -2.12. The van der Waals surface area contributed by atoms with Crippen molar-refractivity contribution in [1.29, 1.82) is 0 Å². The Balaban J connectivity index is 2.05. The van der Waals surface area contributed by atoms with E-state index in [0.717, 1.165) is 14.2 Å². The summed E-state index contributed by atoms with van der Waals surface area (Å²) in [4.78, 5) is -0.110. The van der Waals surface area contributed by atoms with E-state index in [1.54, 1.807) is 12.1 Å². The van der Waals surface area contributed by atoms with Crippen molar-refractivity contribution in [2.75, 3.05) is 14.2 Å². The molecule has 0 heterocycles. The van der Waals surface area contributed by atoms with E-state index in [1.807, 2.05) is 0 Å². The fraction of sp³-hybridized carbons (Fsp3) is 0.143. The van der Waals surface area contributed by atoms with Gasteiger partial charge in [0.2, 0.25) is 0 Å². The first-order valence-electron chi connectivity index (χ1n) is 6.85. The number of rotatable bonds is 8. The van der Waals surface area contributed by atoms with E-state index in [1.165, 1.54) is 36.4 Å². The predicted molar refractivity (Wildman–Crippen MR) is 89.7 cm³/mol. The second-order valence-corrected chi connectivity index (χ2v) is 8.02. The van der Waals surface area contributed by atoms with Crippen molar-refractivity contribution >= 4 is 27.9 Å². The van der Waals surface area contributed by atoms with Gasteiger partial charge in [-0.3, -0.25) is 8.37 Å². The van der Waals surface area contributed by atoms with Crippen molar-refractivity contribution in [3.63, 3.8) is 0 Å². The maximum atomic E-state index is 11.6. The molecule has 0 aromatic heterocycles. The SMILES string of the molecule is COS(=O)(=O)c1cccc(OBOc2cccc(S(=O)(=O)OC)c2)c1. The van der Waals surface area contributed by atoms with E-state index < -0.39 is 20.2 Å². The van der Waals surface area contributed by atoms with Gasteiger partial charge in [0.1, 0.15) is 11.5 Å². The van der Waals surface area contributed by atoms with Crippen LogP contribution in [0.15, 0.2) is 58.3 Å². The molecule has 0 fully saturated rings. The highest BCUT2D eigenvalue weighted by molar-refractivity contribution is 7.87. The zero-order valence-corrected chi connectivity index (χ0v) is 15.0. The van der Waals surface area contributed by atoms with Crippen LogP contribution >= 0.6 is 0 Å². The highest BCUT2D eigenvalue weighted by Gasteiger charge is 2.15. The summed E-state index contributed by atoms with van der Waals surface area (Å²) in [5, 5.41) is 0. The van der Waals surface area contributed by atoms with Crippen molar-refractivity contribution in [2.24, 2.45) is 0 Å². The van der Waals surface area contributed by atoms with Crippen LogP contribution in [0.25, 0.3) is 0 Å². The molecule has 0 aliphatic rings. The molecule has 0 saturated heterocycles. The summed E-state index contributed by atoms with van der Waals surface area (Å²) < 4.78 is 66.0. The minimum atomic E-state index is -3.82. The average Bonchev–Trinajstić information content (AvgIpc) is 2.62. The summed E-state index contributed by atoms with van der Waals surface area (Å²) in [5.41, 5.74) is 0. The van der Waals surface area contributed by atoms with E-state index in [4.69, 9.17) is 9.31 Å². The smallest absolute Gasteiger partial charge is 0.528 e. The van der Waals surface area contributed by atoms with Gasteiger partial charge < -0.3 is 9.31 Å². The molecule has 25 heavy (non-hydrogen) atoms. The molecule has 0 amide bonds. The molecule has 134 valence electrons. The van der Waals surface area contributed by atoms with Gasteiger partial charge in [0.05, 0.1) is 24.0 Å². The molecule has 0 aliphatic carbocycles. The lowest BCUT2D eigenvalue weighted by atomic mass is 10.3. The fourth-order valence-electron chi connectivity index (χ4n) is 1.80. The Hall–Kier alpha value is -2.08. The molecular weight excluding hydrogens is 371 g/mol. The van der Waals surface area contributed by atoms with Crippen LogP contribution < -0.4 is 9.31 Å². The van der Waals surface area contributed by atoms with E-state index in [0.29, 0.717) is 0 Å². The van der Waals surface area contributed by atoms with Crippen LogP contribution in [0.3, 0.4) is 0 Å². The molecule has 11 heteroatoms.